The Morgan fingerprint density at radius 3 is 2.71 bits per heavy atom. The molecule has 132 valence electrons. The fourth-order valence-corrected chi connectivity index (χ4v) is 5.07. The molecule has 0 amide bonds. The zero-order valence-corrected chi connectivity index (χ0v) is 14.9. The Morgan fingerprint density at radius 2 is 2.00 bits per heavy atom. The van der Waals surface area contributed by atoms with Crippen LogP contribution in [-0.2, 0) is 6.54 Å². The van der Waals surface area contributed by atoms with Gasteiger partial charge in [0.05, 0.1) is 17.3 Å². The van der Waals surface area contributed by atoms with Gasteiger partial charge in [-0.25, -0.2) is 0 Å². The number of aliphatic hydroxyl groups excluding tert-OH is 1. The van der Waals surface area contributed by atoms with Gasteiger partial charge in [-0.3, -0.25) is 19.7 Å². The van der Waals surface area contributed by atoms with Gasteiger partial charge < -0.3 is 5.11 Å². The number of aliphatic hydroxyl groups is 1. The fraction of sp³-hybridized carbons (Fsp3) is 0.737. The van der Waals surface area contributed by atoms with E-state index >= 15 is 0 Å². The van der Waals surface area contributed by atoms with Crippen LogP contribution in [0.5, 0.6) is 0 Å². The van der Waals surface area contributed by atoms with Gasteiger partial charge in [0.15, 0.2) is 0 Å². The molecular weight excluding hydrogens is 300 g/mol. The summed E-state index contributed by atoms with van der Waals surface area (Å²) in [5.41, 5.74) is 1.39. The number of likely N-dealkylation sites (tertiary alicyclic amines) is 1. The Balaban J connectivity index is 1.44. The van der Waals surface area contributed by atoms with Crippen LogP contribution in [-0.4, -0.2) is 81.7 Å². The second-order valence-electron chi connectivity index (χ2n) is 8.47. The van der Waals surface area contributed by atoms with Crippen molar-refractivity contribution in [2.45, 2.75) is 44.5 Å². The van der Waals surface area contributed by atoms with Gasteiger partial charge in [-0.15, -0.1) is 0 Å². The molecular formula is C19H30N4O. The average Bonchev–Trinajstić information content (AvgIpc) is 2.87. The van der Waals surface area contributed by atoms with E-state index in [0.29, 0.717) is 12.0 Å². The third-order valence-corrected chi connectivity index (χ3v) is 5.76. The summed E-state index contributed by atoms with van der Waals surface area (Å²) in [5, 5.41) is 10.2. The van der Waals surface area contributed by atoms with E-state index < -0.39 is 0 Å². The Bertz CT molecular complexity index is 558. The van der Waals surface area contributed by atoms with Crippen molar-refractivity contribution in [2.24, 2.45) is 5.92 Å². The molecule has 3 aliphatic heterocycles. The fourth-order valence-electron chi connectivity index (χ4n) is 5.07. The number of rotatable bonds is 4. The Kier molecular flexibility index (Phi) is 4.37. The van der Waals surface area contributed by atoms with Crippen LogP contribution in [0, 0.1) is 5.92 Å². The van der Waals surface area contributed by atoms with Crippen molar-refractivity contribution < 1.29 is 5.11 Å². The number of aromatic nitrogens is 1. The quantitative estimate of drug-likeness (QED) is 0.894. The molecule has 4 rings (SSSR count). The summed E-state index contributed by atoms with van der Waals surface area (Å²) in [6, 6.07) is 6.68. The Hall–Kier alpha value is -1.01. The van der Waals surface area contributed by atoms with Crippen LogP contribution in [0.15, 0.2) is 24.4 Å². The van der Waals surface area contributed by atoms with E-state index in [1.54, 1.807) is 0 Å². The first-order valence-corrected chi connectivity index (χ1v) is 9.33. The zero-order valence-electron chi connectivity index (χ0n) is 14.9. The number of nitrogens with zero attached hydrogens (tertiary/aromatic N) is 4. The van der Waals surface area contributed by atoms with E-state index in [1.165, 1.54) is 6.54 Å². The van der Waals surface area contributed by atoms with E-state index in [1.807, 2.05) is 12.3 Å². The number of pyridine rings is 1. The lowest BCUT2D eigenvalue weighted by Crippen LogP contribution is -2.77. The first-order chi connectivity index (χ1) is 11.5. The zero-order chi connectivity index (χ0) is 16.7. The molecule has 3 saturated heterocycles. The summed E-state index contributed by atoms with van der Waals surface area (Å²) in [6.45, 7) is 12.0. The minimum Gasteiger partial charge on any atom is -0.392 e. The topological polar surface area (TPSA) is 42.8 Å². The van der Waals surface area contributed by atoms with Crippen molar-refractivity contribution in [3.63, 3.8) is 0 Å². The predicted molar refractivity (Wildman–Crippen MR) is 94.6 cm³/mol. The minimum atomic E-state index is -0.143. The lowest BCUT2D eigenvalue weighted by atomic mass is 9.83. The maximum atomic E-state index is 10.2. The lowest BCUT2D eigenvalue weighted by Gasteiger charge is -2.61. The van der Waals surface area contributed by atoms with Crippen LogP contribution in [0.1, 0.15) is 26.0 Å². The molecule has 1 aromatic heterocycles. The average molecular weight is 330 g/mol. The predicted octanol–water partition coefficient (Wildman–Crippen LogP) is 1.04. The summed E-state index contributed by atoms with van der Waals surface area (Å²) in [4.78, 5) is 12.2. The molecule has 0 saturated carbocycles. The second kappa shape index (κ2) is 6.37. The Morgan fingerprint density at radius 1 is 1.21 bits per heavy atom. The molecule has 0 bridgehead atoms. The van der Waals surface area contributed by atoms with Gasteiger partial charge in [0.25, 0.3) is 0 Å². The molecule has 5 heteroatoms. The van der Waals surface area contributed by atoms with Crippen molar-refractivity contribution in [1.29, 1.82) is 0 Å². The summed E-state index contributed by atoms with van der Waals surface area (Å²) in [7, 11) is 0. The molecule has 1 spiro atoms. The van der Waals surface area contributed by atoms with Gasteiger partial charge in [0, 0.05) is 58.1 Å². The molecule has 1 N–H and O–H groups in total. The number of piperazine rings is 1. The molecule has 5 nitrogen and oxygen atoms in total. The van der Waals surface area contributed by atoms with E-state index in [2.05, 4.69) is 45.7 Å². The van der Waals surface area contributed by atoms with E-state index in [0.717, 1.165) is 51.4 Å². The minimum absolute atomic E-state index is 0.143. The van der Waals surface area contributed by atoms with Crippen LogP contribution in [0.25, 0.3) is 0 Å². The molecule has 0 radical (unpaired) electrons. The smallest absolute Gasteiger partial charge is 0.0682 e. The SMILES string of the molecule is CC(C)CN1C[C@@H]2C[C@@H](O)CN2C2(C1)CN(Cc1ccccn1)C2. The summed E-state index contributed by atoms with van der Waals surface area (Å²) >= 11 is 0. The van der Waals surface area contributed by atoms with Crippen LogP contribution >= 0.6 is 0 Å². The van der Waals surface area contributed by atoms with Crippen molar-refractivity contribution in [3.8, 4) is 0 Å². The highest BCUT2D eigenvalue weighted by atomic mass is 16.3. The molecule has 0 aromatic carbocycles. The van der Waals surface area contributed by atoms with Gasteiger partial charge >= 0.3 is 0 Å². The van der Waals surface area contributed by atoms with Crippen LogP contribution in [0.2, 0.25) is 0 Å². The van der Waals surface area contributed by atoms with Gasteiger partial charge in [0.2, 0.25) is 0 Å². The standard InChI is InChI=1S/C19H30N4O/c1-15(2)8-21-10-17-7-18(24)11-23(17)19(12-21)13-22(14-19)9-16-5-3-4-6-20-16/h3-6,15,17-18,24H,7-14H2,1-2H3/t17-,18+/m0/s1. The molecule has 1 aromatic rings. The molecule has 0 aliphatic carbocycles. The number of hydrogen-bond acceptors (Lipinski definition) is 5. The summed E-state index contributed by atoms with van der Waals surface area (Å²) in [6.07, 6.45) is 2.68. The summed E-state index contributed by atoms with van der Waals surface area (Å²) in [5.74, 6) is 0.699. The Labute approximate surface area is 145 Å². The van der Waals surface area contributed by atoms with Gasteiger partial charge in [-0.05, 0) is 24.5 Å². The van der Waals surface area contributed by atoms with Gasteiger partial charge in [-0.1, -0.05) is 19.9 Å². The highest BCUT2D eigenvalue weighted by Crippen LogP contribution is 2.39. The molecule has 3 aliphatic rings. The van der Waals surface area contributed by atoms with E-state index in [4.69, 9.17) is 0 Å². The highest BCUT2D eigenvalue weighted by Gasteiger charge is 2.55. The third-order valence-electron chi connectivity index (χ3n) is 5.76. The van der Waals surface area contributed by atoms with Crippen molar-refractivity contribution >= 4 is 0 Å². The molecule has 4 heterocycles. The van der Waals surface area contributed by atoms with Gasteiger partial charge in [0.1, 0.15) is 0 Å². The van der Waals surface area contributed by atoms with Crippen LogP contribution in [0.4, 0.5) is 0 Å². The van der Waals surface area contributed by atoms with Gasteiger partial charge in [-0.2, -0.15) is 0 Å². The molecule has 3 fully saturated rings. The monoisotopic (exact) mass is 330 g/mol. The number of fused-ring (bicyclic) bond motifs is 2. The normalized spacial score (nSPS) is 30.7. The van der Waals surface area contributed by atoms with Crippen LogP contribution in [0.3, 0.4) is 0 Å². The van der Waals surface area contributed by atoms with Crippen molar-refractivity contribution in [1.82, 2.24) is 19.7 Å². The highest BCUT2D eigenvalue weighted by molar-refractivity contribution is 5.14. The third kappa shape index (κ3) is 3.10. The maximum absolute atomic E-state index is 10.2. The number of hydrogen-bond donors (Lipinski definition) is 1. The summed E-state index contributed by atoms with van der Waals surface area (Å²) < 4.78 is 0. The molecule has 24 heavy (non-hydrogen) atoms. The van der Waals surface area contributed by atoms with Crippen molar-refractivity contribution in [3.05, 3.63) is 30.1 Å². The van der Waals surface area contributed by atoms with Crippen LogP contribution < -0.4 is 0 Å². The maximum Gasteiger partial charge on any atom is 0.0682 e. The second-order valence-corrected chi connectivity index (χ2v) is 8.47. The van der Waals surface area contributed by atoms with E-state index in [-0.39, 0.29) is 11.6 Å². The van der Waals surface area contributed by atoms with E-state index in [9.17, 15) is 5.11 Å². The lowest BCUT2D eigenvalue weighted by molar-refractivity contribution is -0.118. The first-order valence-electron chi connectivity index (χ1n) is 9.33. The first kappa shape index (κ1) is 16.5. The van der Waals surface area contributed by atoms with Crippen molar-refractivity contribution in [2.75, 3.05) is 39.3 Å². The molecule has 0 unspecified atom stereocenters. The molecule has 2 atom stereocenters. The largest absolute Gasteiger partial charge is 0.392 e. The number of β-amino-alcohol motifs (C(OH)–C–C–N with tert-alkyl or cyclic N) is 1.